The molecule has 3 aromatic rings. The summed E-state index contributed by atoms with van der Waals surface area (Å²) in [6.07, 6.45) is 0. The van der Waals surface area contributed by atoms with Crippen LogP contribution in [-0.2, 0) is 0 Å². The lowest BCUT2D eigenvalue weighted by atomic mass is 10.3. The van der Waals surface area contributed by atoms with Gasteiger partial charge in [0.15, 0.2) is 0 Å². The van der Waals surface area contributed by atoms with Gasteiger partial charge in [-0.3, -0.25) is 0 Å². The van der Waals surface area contributed by atoms with Crippen LogP contribution in [0.2, 0.25) is 0 Å². The minimum Gasteiger partial charge on any atom is -0.206 e. The Morgan fingerprint density at radius 3 is 1.68 bits per heavy atom. The molecule has 0 aliphatic heterocycles. The maximum Gasteiger partial charge on any atom is 0.138 e. The molecule has 22 heavy (non-hydrogen) atoms. The predicted molar refractivity (Wildman–Crippen MR) is 92.8 cm³/mol. The Hall–Kier alpha value is -1.57. The molecule has 0 unspecified atom stereocenters. The van der Waals surface area contributed by atoms with E-state index in [-0.39, 0.29) is 4.47 Å². The van der Waals surface area contributed by atoms with Crippen LogP contribution in [0.5, 0.6) is 0 Å². The molecule has 3 aromatic carbocycles. The molecule has 0 radical (unpaired) electrons. The van der Waals surface area contributed by atoms with Crippen molar-refractivity contribution in [2.75, 3.05) is 0 Å². The normalized spacial score (nSPS) is 10.9. The minimum absolute atomic E-state index is 0.143. The fourth-order valence-corrected chi connectivity index (χ4v) is 4.90. The van der Waals surface area contributed by atoms with E-state index in [9.17, 15) is 8.78 Å². The van der Waals surface area contributed by atoms with E-state index >= 15 is 0 Å². The standard InChI is InChI=1S/C18H12BrF2P/c19-15-11-17(21)18(12-16(15)20)22(13-7-3-1-4-8-13)14-9-5-2-6-10-14/h1-12H. The van der Waals surface area contributed by atoms with Crippen molar-refractivity contribution in [2.24, 2.45) is 0 Å². The van der Waals surface area contributed by atoms with E-state index in [1.54, 1.807) is 0 Å². The van der Waals surface area contributed by atoms with Gasteiger partial charge in [-0.1, -0.05) is 60.7 Å². The zero-order chi connectivity index (χ0) is 15.5. The molecule has 4 heteroatoms. The third kappa shape index (κ3) is 3.11. The van der Waals surface area contributed by atoms with E-state index in [0.717, 1.165) is 10.6 Å². The van der Waals surface area contributed by atoms with Gasteiger partial charge in [0.1, 0.15) is 11.6 Å². The Kier molecular flexibility index (Phi) is 4.66. The first-order valence-electron chi connectivity index (χ1n) is 6.71. The Morgan fingerprint density at radius 2 is 1.18 bits per heavy atom. The number of hydrogen-bond donors (Lipinski definition) is 0. The monoisotopic (exact) mass is 376 g/mol. The molecule has 0 aliphatic carbocycles. The van der Waals surface area contributed by atoms with E-state index in [4.69, 9.17) is 0 Å². The molecule has 0 aliphatic rings. The molecule has 0 fully saturated rings. The summed E-state index contributed by atoms with van der Waals surface area (Å²) in [6, 6.07) is 21.8. The van der Waals surface area contributed by atoms with E-state index in [0.29, 0.717) is 5.30 Å². The highest BCUT2D eigenvalue weighted by molar-refractivity contribution is 9.10. The van der Waals surface area contributed by atoms with Crippen LogP contribution in [0, 0.1) is 11.6 Å². The summed E-state index contributed by atoms with van der Waals surface area (Å²) in [5.74, 6) is -0.845. The maximum absolute atomic E-state index is 14.5. The quantitative estimate of drug-likeness (QED) is 0.466. The lowest BCUT2D eigenvalue weighted by Gasteiger charge is -2.20. The van der Waals surface area contributed by atoms with Crippen molar-refractivity contribution in [3.63, 3.8) is 0 Å². The molecule has 0 N–H and O–H groups in total. The highest BCUT2D eigenvalue weighted by Crippen LogP contribution is 2.34. The van der Waals surface area contributed by atoms with Gasteiger partial charge in [-0.2, -0.15) is 0 Å². The van der Waals surface area contributed by atoms with Crippen molar-refractivity contribution < 1.29 is 8.78 Å². The summed E-state index contributed by atoms with van der Waals surface area (Å²) < 4.78 is 28.6. The first-order valence-corrected chi connectivity index (χ1v) is 8.85. The first kappa shape index (κ1) is 15.3. The average molecular weight is 377 g/mol. The maximum atomic E-state index is 14.5. The van der Waals surface area contributed by atoms with Crippen molar-refractivity contribution in [3.05, 3.63) is 88.9 Å². The van der Waals surface area contributed by atoms with Gasteiger partial charge >= 0.3 is 0 Å². The van der Waals surface area contributed by atoms with Gasteiger partial charge in [0.25, 0.3) is 0 Å². The van der Waals surface area contributed by atoms with E-state index in [1.807, 2.05) is 60.7 Å². The molecule has 0 heterocycles. The van der Waals surface area contributed by atoms with E-state index in [2.05, 4.69) is 15.9 Å². The Balaban J connectivity index is 2.21. The van der Waals surface area contributed by atoms with Crippen molar-refractivity contribution in [1.82, 2.24) is 0 Å². The predicted octanol–water partition coefficient (Wildman–Crippen LogP) is 4.49. The largest absolute Gasteiger partial charge is 0.206 e. The first-order chi connectivity index (χ1) is 10.7. The summed E-state index contributed by atoms with van der Waals surface area (Å²) in [5, 5.41) is 2.38. The highest BCUT2D eigenvalue weighted by atomic mass is 79.9. The van der Waals surface area contributed by atoms with Gasteiger partial charge in [0, 0.05) is 5.30 Å². The molecule has 0 saturated heterocycles. The lowest BCUT2D eigenvalue weighted by Crippen LogP contribution is -2.23. The Bertz CT molecular complexity index is 736. The van der Waals surface area contributed by atoms with Gasteiger partial charge in [0.2, 0.25) is 0 Å². The Labute approximate surface area is 137 Å². The molecule has 3 rings (SSSR count). The molecular weight excluding hydrogens is 365 g/mol. The highest BCUT2D eigenvalue weighted by Gasteiger charge is 2.21. The van der Waals surface area contributed by atoms with Crippen LogP contribution in [0.4, 0.5) is 8.78 Å². The second-order valence-corrected chi connectivity index (χ2v) is 7.76. The van der Waals surface area contributed by atoms with Crippen LogP contribution in [-0.4, -0.2) is 0 Å². The molecule has 0 amide bonds. The number of rotatable bonds is 3. The SMILES string of the molecule is Fc1cc(P(c2ccccc2)c2ccccc2)c(F)cc1Br. The van der Waals surface area contributed by atoms with Crippen LogP contribution in [0.25, 0.3) is 0 Å². The average Bonchev–Trinajstić information content (AvgIpc) is 2.55. The minimum atomic E-state index is -1.13. The van der Waals surface area contributed by atoms with Crippen LogP contribution in [0.3, 0.4) is 0 Å². The molecule has 0 bridgehead atoms. The zero-order valence-corrected chi connectivity index (χ0v) is 14.0. The van der Waals surface area contributed by atoms with Crippen LogP contribution in [0.1, 0.15) is 0 Å². The molecule has 0 spiro atoms. The summed E-state index contributed by atoms with van der Waals surface area (Å²) in [4.78, 5) is 0. The van der Waals surface area contributed by atoms with Gasteiger partial charge < -0.3 is 0 Å². The third-order valence-electron chi connectivity index (χ3n) is 3.26. The molecule has 0 saturated carbocycles. The molecule has 0 aromatic heterocycles. The molecular formula is C18H12BrF2P. The van der Waals surface area contributed by atoms with Crippen molar-refractivity contribution in [3.8, 4) is 0 Å². The van der Waals surface area contributed by atoms with Gasteiger partial charge in [-0.25, -0.2) is 8.78 Å². The summed E-state index contributed by atoms with van der Waals surface area (Å²) in [5.41, 5.74) is 0. The van der Waals surface area contributed by atoms with Crippen LogP contribution >= 0.6 is 23.9 Å². The van der Waals surface area contributed by atoms with Gasteiger partial charge in [-0.15, -0.1) is 0 Å². The number of benzene rings is 3. The summed E-state index contributed by atoms with van der Waals surface area (Å²) >= 11 is 3.03. The third-order valence-corrected chi connectivity index (χ3v) is 6.32. The zero-order valence-electron chi connectivity index (χ0n) is 11.5. The van der Waals surface area contributed by atoms with Crippen molar-refractivity contribution in [1.29, 1.82) is 0 Å². The second-order valence-electron chi connectivity index (χ2n) is 4.72. The number of hydrogen-bond acceptors (Lipinski definition) is 0. The molecule has 110 valence electrons. The molecule has 0 nitrogen and oxygen atoms in total. The van der Waals surface area contributed by atoms with Crippen molar-refractivity contribution in [2.45, 2.75) is 0 Å². The second kappa shape index (κ2) is 6.68. The topological polar surface area (TPSA) is 0 Å². The summed E-state index contributed by atoms with van der Waals surface area (Å²) in [7, 11) is -1.13. The lowest BCUT2D eigenvalue weighted by molar-refractivity contribution is 0.601. The Morgan fingerprint density at radius 1 is 0.682 bits per heavy atom. The molecule has 0 atom stereocenters. The van der Waals surface area contributed by atoms with Crippen molar-refractivity contribution >= 4 is 39.8 Å². The summed E-state index contributed by atoms with van der Waals surface area (Å²) in [6.45, 7) is 0. The van der Waals surface area contributed by atoms with Gasteiger partial charge in [0.05, 0.1) is 4.47 Å². The number of halogens is 3. The smallest absolute Gasteiger partial charge is 0.138 e. The fraction of sp³-hybridized carbons (Fsp3) is 0. The van der Waals surface area contributed by atoms with E-state index < -0.39 is 19.6 Å². The van der Waals surface area contributed by atoms with E-state index in [1.165, 1.54) is 12.1 Å². The van der Waals surface area contributed by atoms with Crippen LogP contribution in [0.15, 0.2) is 77.3 Å². The van der Waals surface area contributed by atoms with Crippen LogP contribution < -0.4 is 15.9 Å². The fourth-order valence-electron chi connectivity index (χ4n) is 2.26. The van der Waals surface area contributed by atoms with Gasteiger partial charge in [-0.05, 0) is 46.6 Å².